The number of alkyl halides is 3. The molecule has 0 bridgehead atoms. The lowest BCUT2D eigenvalue weighted by atomic mass is 9.99. The van der Waals surface area contributed by atoms with Gasteiger partial charge < -0.3 is 4.90 Å². The molecular weight excluding hydrogens is 267 g/mol. The average molecular weight is 285 g/mol. The van der Waals surface area contributed by atoms with Crippen molar-refractivity contribution in [2.45, 2.75) is 32.4 Å². The van der Waals surface area contributed by atoms with Gasteiger partial charge in [0.25, 0.3) is 5.91 Å². The highest BCUT2D eigenvalue weighted by Gasteiger charge is 2.28. The Labute approximate surface area is 116 Å². The molecule has 0 aromatic heterocycles. The topological polar surface area (TPSA) is 20.3 Å². The first-order chi connectivity index (χ1) is 9.35. The molecule has 0 aliphatic carbocycles. The third kappa shape index (κ3) is 3.99. The van der Waals surface area contributed by atoms with Crippen molar-refractivity contribution in [3.8, 4) is 0 Å². The van der Waals surface area contributed by atoms with Gasteiger partial charge in [-0.05, 0) is 36.5 Å². The van der Waals surface area contributed by atoms with Gasteiger partial charge in [-0.25, -0.2) is 0 Å². The van der Waals surface area contributed by atoms with Gasteiger partial charge >= 0.3 is 6.18 Å². The molecule has 0 N–H and O–H groups in total. The fourth-order valence-electron chi connectivity index (χ4n) is 2.55. The van der Waals surface area contributed by atoms with E-state index in [1.807, 2.05) is 0 Å². The van der Waals surface area contributed by atoms with Crippen LogP contribution in [0.1, 0.15) is 35.7 Å². The van der Waals surface area contributed by atoms with Gasteiger partial charge in [0.15, 0.2) is 0 Å². The second-order valence-electron chi connectivity index (χ2n) is 5.49. The van der Waals surface area contributed by atoms with E-state index in [1.165, 1.54) is 24.3 Å². The third-order valence-electron chi connectivity index (χ3n) is 3.55. The summed E-state index contributed by atoms with van der Waals surface area (Å²) >= 11 is 0. The fraction of sp³-hybridized carbons (Fsp3) is 0.533. The zero-order valence-electron chi connectivity index (χ0n) is 11.4. The summed E-state index contributed by atoms with van der Waals surface area (Å²) in [5.41, 5.74) is 0.645. The highest BCUT2D eigenvalue weighted by molar-refractivity contribution is 5.94. The van der Waals surface area contributed by atoms with E-state index in [9.17, 15) is 18.0 Å². The van der Waals surface area contributed by atoms with Crippen molar-refractivity contribution in [1.29, 1.82) is 0 Å². The minimum absolute atomic E-state index is 0.0879. The first-order valence-corrected chi connectivity index (χ1v) is 6.80. The SMILES string of the molecule is CC1CCCN(C(=O)c2ccc(CC(F)(F)F)cc2)C1. The molecule has 20 heavy (non-hydrogen) atoms. The molecule has 0 spiro atoms. The second-order valence-corrected chi connectivity index (χ2v) is 5.49. The van der Waals surface area contributed by atoms with Crippen molar-refractivity contribution in [3.63, 3.8) is 0 Å². The first kappa shape index (κ1) is 14.9. The smallest absolute Gasteiger partial charge is 0.338 e. The molecule has 1 aromatic carbocycles. The number of carbonyl (C=O) groups excluding carboxylic acids is 1. The molecular formula is C15H18F3NO. The summed E-state index contributed by atoms with van der Waals surface area (Å²) in [5, 5.41) is 0. The molecule has 1 aliphatic rings. The van der Waals surface area contributed by atoms with Crippen LogP contribution in [0, 0.1) is 5.92 Å². The number of benzene rings is 1. The van der Waals surface area contributed by atoms with E-state index in [2.05, 4.69) is 6.92 Å². The van der Waals surface area contributed by atoms with Crippen molar-refractivity contribution >= 4 is 5.91 Å². The molecule has 2 rings (SSSR count). The van der Waals surface area contributed by atoms with Gasteiger partial charge in [0.1, 0.15) is 0 Å². The molecule has 1 amide bonds. The van der Waals surface area contributed by atoms with Crippen LogP contribution in [-0.2, 0) is 6.42 Å². The molecule has 1 aromatic rings. The minimum Gasteiger partial charge on any atom is -0.338 e. The summed E-state index contributed by atoms with van der Waals surface area (Å²) in [6.07, 6.45) is -3.07. The van der Waals surface area contributed by atoms with Crippen LogP contribution < -0.4 is 0 Å². The monoisotopic (exact) mass is 285 g/mol. The van der Waals surface area contributed by atoms with Gasteiger partial charge in [-0.1, -0.05) is 19.1 Å². The Hall–Kier alpha value is -1.52. The largest absolute Gasteiger partial charge is 0.393 e. The van der Waals surface area contributed by atoms with E-state index < -0.39 is 12.6 Å². The fourth-order valence-corrected chi connectivity index (χ4v) is 2.55. The molecule has 2 nitrogen and oxygen atoms in total. The lowest BCUT2D eigenvalue weighted by Crippen LogP contribution is -2.39. The number of likely N-dealkylation sites (tertiary alicyclic amines) is 1. The zero-order valence-corrected chi connectivity index (χ0v) is 11.4. The maximum absolute atomic E-state index is 12.3. The Bertz CT molecular complexity index is 467. The molecule has 1 fully saturated rings. The highest BCUT2D eigenvalue weighted by atomic mass is 19.4. The molecule has 0 saturated carbocycles. The summed E-state index contributed by atoms with van der Waals surface area (Å²) in [5.74, 6) is 0.396. The van der Waals surface area contributed by atoms with Crippen LogP contribution in [-0.4, -0.2) is 30.1 Å². The highest BCUT2D eigenvalue weighted by Crippen LogP contribution is 2.22. The summed E-state index contributed by atoms with van der Waals surface area (Å²) in [6.45, 7) is 3.56. The summed E-state index contributed by atoms with van der Waals surface area (Å²) < 4.78 is 36.8. The minimum atomic E-state index is -4.21. The van der Waals surface area contributed by atoms with Crippen molar-refractivity contribution < 1.29 is 18.0 Å². The number of halogens is 3. The van der Waals surface area contributed by atoms with Crippen LogP contribution in [0.15, 0.2) is 24.3 Å². The first-order valence-electron chi connectivity index (χ1n) is 6.80. The van der Waals surface area contributed by atoms with Crippen LogP contribution >= 0.6 is 0 Å². The van der Waals surface area contributed by atoms with E-state index in [-0.39, 0.29) is 11.5 Å². The quantitative estimate of drug-likeness (QED) is 0.812. The van der Waals surface area contributed by atoms with E-state index in [1.54, 1.807) is 4.90 Å². The van der Waals surface area contributed by atoms with Crippen molar-refractivity contribution in [2.24, 2.45) is 5.92 Å². The Morgan fingerprint density at radius 1 is 1.30 bits per heavy atom. The molecule has 1 unspecified atom stereocenters. The summed E-state index contributed by atoms with van der Waals surface area (Å²) in [7, 11) is 0. The number of rotatable bonds is 2. The van der Waals surface area contributed by atoms with Crippen molar-refractivity contribution in [3.05, 3.63) is 35.4 Å². The van der Waals surface area contributed by atoms with Gasteiger partial charge in [-0.2, -0.15) is 13.2 Å². The molecule has 1 heterocycles. The average Bonchev–Trinajstić information content (AvgIpc) is 2.37. The van der Waals surface area contributed by atoms with Gasteiger partial charge in [0.05, 0.1) is 6.42 Å². The van der Waals surface area contributed by atoms with Crippen LogP contribution in [0.5, 0.6) is 0 Å². The Kier molecular flexibility index (Phi) is 4.35. The van der Waals surface area contributed by atoms with Crippen LogP contribution in [0.3, 0.4) is 0 Å². The molecule has 0 radical (unpaired) electrons. The van der Waals surface area contributed by atoms with Gasteiger partial charge in [-0.3, -0.25) is 4.79 Å². The summed E-state index contributed by atoms with van der Waals surface area (Å²) in [4.78, 5) is 14.0. The van der Waals surface area contributed by atoms with E-state index >= 15 is 0 Å². The maximum atomic E-state index is 12.3. The van der Waals surface area contributed by atoms with Gasteiger partial charge in [0, 0.05) is 18.7 Å². The van der Waals surface area contributed by atoms with Crippen LogP contribution in [0.4, 0.5) is 13.2 Å². The van der Waals surface area contributed by atoms with E-state index in [0.29, 0.717) is 11.5 Å². The number of carbonyl (C=O) groups is 1. The Morgan fingerprint density at radius 3 is 2.50 bits per heavy atom. The Morgan fingerprint density at radius 2 is 1.95 bits per heavy atom. The second kappa shape index (κ2) is 5.85. The number of piperidine rings is 1. The summed E-state index contributed by atoms with van der Waals surface area (Å²) in [6, 6.07) is 5.74. The molecule has 1 saturated heterocycles. The van der Waals surface area contributed by atoms with E-state index in [0.717, 1.165) is 25.9 Å². The standard InChI is InChI=1S/C15H18F3NO/c1-11-3-2-8-19(10-11)14(20)13-6-4-12(5-7-13)9-15(16,17)18/h4-7,11H,2-3,8-10H2,1H3. The van der Waals surface area contributed by atoms with Crippen LogP contribution in [0.25, 0.3) is 0 Å². The number of nitrogens with zero attached hydrogens (tertiary/aromatic N) is 1. The molecule has 5 heteroatoms. The van der Waals surface area contributed by atoms with Gasteiger partial charge in [-0.15, -0.1) is 0 Å². The lowest BCUT2D eigenvalue weighted by Gasteiger charge is -2.31. The number of hydrogen-bond acceptors (Lipinski definition) is 1. The normalized spacial score (nSPS) is 20.0. The predicted molar refractivity (Wildman–Crippen MR) is 70.5 cm³/mol. The van der Waals surface area contributed by atoms with Crippen LogP contribution in [0.2, 0.25) is 0 Å². The number of hydrogen-bond donors (Lipinski definition) is 0. The predicted octanol–water partition coefficient (Wildman–Crippen LogP) is 3.66. The van der Waals surface area contributed by atoms with Crippen molar-refractivity contribution in [1.82, 2.24) is 4.90 Å². The number of amides is 1. The Balaban J connectivity index is 2.04. The van der Waals surface area contributed by atoms with E-state index in [4.69, 9.17) is 0 Å². The third-order valence-corrected chi connectivity index (χ3v) is 3.55. The molecule has 1 atom stereocenters. The maximum Gasteiger partial charge on any atom is 0.393 e. The van der Waals surface area contributed by atoms with Crippen molar-refractivity contribution in [2.75, 3.05) is 13.1 Å². The lowest BCUT2D eigenvalue weighted by molar-refractivity contribution is -0.127. The zero-order chi connectivity index (χ0) is 14.8. The van der Waals surface area contributed by atoms with Gasteiger partial charge in [0.2, 0.25) is 0 Å². The molecule has 110 valence electrons. The molecule has 1 aliphatic heterocycles.